The standard InChI is InChI=1S/C46H78N14O9/c1-6-27(3)36(42(66)59-37(44(68)69)28(4)7-2)58-39(63)31(18-11-12-22-47)55-40(64)34(26-30-16-9-8-10-17-30)57-38(62)32(19-13-23-52-45(48)49)56-41(65)35-21-15-25-60(35)43(67)33(54-29(5)61)20-14-24-53-46(50)51/h8-10,16-17,27-28,31-37H,6-7,11-15,18-26,47H2,1-5H3,(H,54,61)(H,55,64)(H,56,65)(H,57,62)(H,58,63)(H,59,66)(H,68,69)(H4,48,49,52)(H4,50,51,53)/t27-,28-,31-,32-,33-,34-,35-,36-,37-/m0/s1. The van der Waals surface area contributed by atoms with E-state index in [4.69, 9.17) is 28.7 Å². The second-order valence-electron chi connectivity index (χ2n) is 17.6. The lowest BCUT2D eigenvalue weighted by molar-refractivity contribution is -0.144. The zero-order valence-corrected chi connectivity index (χ0v) is 40.8. The van der Waals surface area contributed by atoms with Gasteiger partial charge < -0.3 is 70.6 Å². The maximum absolute atomic E-state index is 14.4. The fourth-order valence-corrected chi connectivity index (χ4v) is 7.80. The minimum atomic E-state index is -1.30. The molecule has 0 bridgehead atoms. The number of nitrogens with zero attached hydrogens (tertiary/aromatic N) is 3. The van der Waals surface area contributed by atoms with Crippen LogP contribution in [0.25, 0.3) is 0 Å². The SMILES string of the molecule is CC[C@H](C)[C@H](NC(=O)[C@@H](NC(=O)[C@H](CCCCN)NC(=O)[C@H](Cc1ccccc1)NC(=O)[C@H](CCCN=C(N)N)NC(=O)[C@@H]1CCCN1C(=O)[C@H](CCCN=C(N)N)NC(C)=O)[C@@H](C)CC)C(=O)O. The summed E-state index contributed by atoms with van der Waals surface area (Å²) < 4.78 is 0. The molecule has 9 atom stereocenters. The number of guanidine groups is 2. The Morgan fingerprint density at radius 2 is 1.17 bits per heavy atom. The maximum Gasteiger partial charge on any atom is 0.326 e. The molecule has 1 aliphatic rings. The number of carbonyl (C=O) groups excluding carboxylic acids is 7. The van der Waals surface area contributed by atoms with Crippen LogP contribution in [0.4, 0.5) is 0 Å². The molecule has 1 aromatic carbocycles. The van der Waals surface area contributed by atoms with E-state index in [0.29, 0.717) is 50.6 Å². The van der Waals surface area contributed by atoms with Crippen molar-refractivity contribution < 1.29 is 43.5 Å². The van der Waals surface area contributed by atoms with Crippen LogP contribution in [-0.2, 0) is 44.8 Å². The zero-order chi connectivity index (χ0) is 51.6. The average Bonchev–Trinajstić information content (AvgIpc) is 3.81. The summed E-state index contributed by atoms with van der Waals surface area (Å²) in [5, 5.41) is 26.2. The third kappa shape index (κ3) is 20.7. The lowest BCUT2D eigenvalue weighted by atomic mass is 9.95. The molecule has 1 aliphatic heterocycles. The fourth-order valence-electron chi connectivity index (χ4n) is 7.80. The summed E-state index contributed by atoms with van der Waals surface area (Å²) in [5.41, 5.74) is 28.4. The molecule has 7 amide bonds. The number of amides is 7. The number of unbranched alkanes of at least 4 members (excludes halogenated alkanes) is 1. The summed E-state index contributed by atoms with van der Waals surface area (Å²) in [4.78, 5) is 118. The number of carboxylic acids is 1. The largest absolute Gasteiger partial charge is 0.480 e. The van der Waals surface area contributed by atoms with Gasteiger partial charge in [-0.25, -0.2) is 4.79 Å². The Bertz CT molecular complexity index is 1910. The Balaban J connectivity index is 2.48. The number of rotatable bonds is 31. The van der Waals surface area contributed by atoms with E-state index in [1.165, 1.54) is 11.8 Å². The molecule has 1 fully saturated rings. The molecule has 386 valence electrons. The lowest BCUT2D eigenvalue weighted by Crippen LogP contribution is -2.61. The van der Waals surface area contributed by atoms with E-state index in [1.807, 2.05) is 6.92 Å². The van der Waals surface area contributed by atoms with Crippen molar-refractivity contribution in [3.8, 4) is 0 Å². The van der Waals surface area contributed by atoms with Gasteiger partial charge in [-0.1, -0.05) is 70.9 Å². The van der Waals surface area contributed by atoms with Crippen molar-refractivity contribution in [3.05, 3.63) is 35.9 Å². The van der Waals surface area contributed by atoms with Crippen LogP contribution in [-0.4, -0.2) is 138 Å². The Morgan fingerprint density at radius 3 is 1.72 bits per heavy atom. The third-order valence-electron chi connectivity index (χ3n) is 12.1. The number of aliphatic imine (C=N–C) groups is 2. The van der Waals surface area contributed by atoms with Crippen LogP contribution in [0, 0.1) is 11.8 Å². The molecule has 0 aromatic heterocycles. The molecule has 1 aromatic rings. The van der Waals surface area contributed by atoms with Gasteiger partial charge >= 0.3 is 5.97 Å². The topological polar surface area (TPSA) is 387 Å². The minimum Gasteiger partial charge on any atom is -0.480 e. The predicted octanol–water partition coefficient (Wildman–Crippen LogP) is -1.44. The Morgan fingerprint density at radius 1 is 0.667 bits per heavy atom. The average molecular weight is 971 g/mol. The van der Waals surface area contributed by atoms with Crippen LogP contribution in [0.1, 0.15) is 111 Å². The van der Waals surface area contributed by atoms with Crippen molar-refractivity contribution in [2.24, 2.45) is 50.5 Å². The molecule has 69 heavy (non-hydrogen) atoms. The van der Waals surface area contributed by atoms with E-state index in [9.17, 15) is 43.5 Å². The molecular weight excluding hydrogens is 893 g/mol. The van der Waals surface area contributed by atoms with E-state index in [1.54, 1.807) is 51.1 Å². The number of carbonyl (C=O) groups is 8. The summed E-state index contributed by atoms with van der Waals surface area (Å²) in [5.74, 6) is -6.78. The fraction of sp³-hybridized carbons (Fsp3) is 0.652. The van der Waals surface area contributed by atoms with E-state index in [0.717, 1.165) is 0 Å². The smallest absolute Gasteiger partial charge is 0.326 e. The van der Waals surface area contributed by atoms with Crippen LogP contribution >= 0.6 is 0 Å². The first-order valence-electron chi connectivity index (χ1n) is 23.9. The summed E-state index contributed by atoms with van der Waals surface area (Å²) in [6.07, 6.45) is 3.44. The van der Waals surface area contributed by atoms with Gasteiger partial charge in [-0.2, -0.15) is 0 Å². The van der Waals surface area contributed by atoms with Crippen molar-refractivity contribution in [1.29, 1.82) is 0 Å². The van der Waals surface area contributed by atoms with Gasteiger partial charge in [-0.3, -0.25) is 43.5 Å². The van der Waals surface area contributed by atoms with Crippen molar-refractivity contribution in [3.63, 3.8) is 0 Å². The summed E-state index contributed by atoms with van der Waals surface area (Å²) in [6.45, 7) is 9.18. The number of benzene rings is 1. The van der Waals surface area contributed by atoms with Crippen LogP contribution in [0.5, 0.6) is 0 Å². The quantitative estimate of drug-likeness (QED) is 0.0231. The van der Waals surface area contributed by atoms with Gasteiger partial charge in [0.05, 0.1) is 0 Å². The second kappa shape index (κ2) is 30.8. The molecule has 0 spiro atoms. The van der Waals surface area contributed by atoms with Gasteiger partial charge in [-0.05, 0) is 81.7 Å². The first-order valence-corrected chi connectivity index (χ1v) is 23.9. The van der Waals surface area contributed by atoms with Crippen molar-refractivity contribution in [1.82, 2.24) is 36.8 Å². The molecule has 0 aliphatic carbocycles. The highest BCUT2D eigenvalue weighted by Crippen LogP contribution is 2.21. The number of aliphatic carboxylic acids is 1. The molecule has 23 heteroatoms. The van der Waals surface area contributed by atoms with Gasteiger partial charge in [0.2, 0.25) is 41.4 Å². The Kier molecular flexibility index (Phi) is 26.1. The molecular formula is C46H78N14O9. The number of carboxylic acid groups (broad SMARTS) is 1. The van der Waals surface area contributed by atoms with E-state index >= 15 is 0 Å². The molecule has 0 saturated carbocycles. The molecule has 2 rings (SSSR count). The molecule has 17 N–H and O–H groups in total. The van der Waals surface area contributed by atoms with Crippen LogP contribution in [0.3, 0.4) is 0 Å². The van der Waals surface area contributed by atoms with Crippen molar-refractivity contribution in [2.45, 2.75) is 154 Å². The maximum atomic E-state index is 14.4. The normalized spacial score (nSPS) is 16.7. The van der Waals surface area contributed by atoms with E-state index in [2.05, 4.69) is 41.9 Å². The molecule has 0 radical (unpaired) electrons. The first kappa shape index (κ1) is 58.6. The first-order chi connectivity index (χ1) is 32.7. The third-order valence-corrected chi connectivity index (χ3v) is 12.1. The molecule has 23 nitrogen and oxygen atoms in total. The van der Waals surface area contributed by atoms with Crippen LogP contribution in [0.15, 0.2) is 40.3 Å². The molecule has 1 heterocycles. The van der Waals surface area contributed by atoms with E-state index < -0.39 is 101 Å². The van der Waals surface area contributed by atoms with Crippen LogP contribution < -0.4 is 60.6 Å². The number of nitrogens with one attached hydrogen (secondary N) is 6. The van der Waals surface area contributed by atoms with Gasteiger partial charge in [-0.15, -0.1) is 0 Å². The highest BCUT2D eigenvalue weighted by atomic mass is 16.4. The number of nitrogens with two attached hydrogens (primary N) is 5. The molecule has 1 saturated heterocycles. The number of hydrogen-bond acceptors (Lipinski definition) is 11. The Hall–Kier alpha value is -6.52. The van der Waals surface area contributed by atoms with Gasteiger partial charge in [0.1, 0.15) is 42.3 Å². The second-order valence-corrected chi connectivity index (χ2v) is 17.6. The van der Waals surface area contributed by atoms with Crippen LogP contribution in [0.2, 0.25) is 0 Å². The number of likely N-dealkylation sites (tertiary alicyclic amines) is 1. The van der Waals surface area contributed by atoms with Gasteiger partial charge in [0, 0.05) is 33.0 Å². The van der Waals surface area contributed by atoms with E-state index in [-0.39, 0.29) is 70.1 Å². The summed E-state index contributed by atoms with van der Waals surface area (Å²) in [6, 6.07) is 0.717. The highest BCUT2D eigenvalue weighted by Gasteiger charge is 2.40. The van der Waals surface area contributed by atoms with Crippen molar-refractivity contribution in [2.75, 3.05) is 26.2 Å². The predicted molar refractivity (Wildman–Crippen MR) is 261 cm³/mol. The zero-order valence-electron chi connectivity index (χ0n) is 40.8. The Labute approximate surface area is 405 Å². The summed E-state index contributed by atoms with van der Waals surface area (Å²) >= 11 is 0. The highest BCUT2D eigenvalue weighted by molar-refractivity contribution is 5.97. The minimum absolute atomic E-state index is 0.0109. The summed E-state index contributed by atoms with van der Waals surface area (Å²) in [7, 11) is 0. The van der Waals surface area contributed by atoms with Gasteiger partial charge in [0.15, 0.2) is 11.9 Å². The lowest BCUT2D eigenvalue weighted by Gasteiger charge is -2.30. The monoisotopic (exact) mass is 971 g/mol. The molecule has 0 unspecified atom stereocenters. The number of hydrogen-bond donors (Lipinski definition) is 12. The van der Waals surface area contributed by atoms with Gasteiger partial charge in [0.25, 0.3) is 0 Å². The van der Waals surface area contributed by atoms with Crippen molar-refractivity contribution >= 4 is 59.2 Å².